The lowest BCUT2D eigenvalue weighted by atomic mass is 9.97. The van der Waals surface area contributed by atoms with Crippen molar-refractivity contribution in [1.29, 1.82) is 0 Å². The first-order chi connectivity index (χ1) is 13.0. The molecule has 0 radical (unpaired) electrons. The number of nitrogens with zero attached hydrogens (tertiary/aromatic N) is 2. The maximum Gasteiger partial charge on any atom is 0.226 e. The molecule has 1 aromatic carbocycles. The average molecular weight is 384 g/mol. The molecule has 0 spiro atoms. The SMILES string of the molecule is Cc1cc(C)c(CCNC(=O)CCCc2nc(-c3cccs3)no2)c(C)c1. The van der Waals surface area contributed by atoms with Crippen LogP contribution in [0.15, 0.2) is 34.2 Å². The van der Waals surface area contributed by atoms with Crippen molar-refractivity contribution in [1.82, 2.24) is 15.5 Å². The van der Waals surface area contributed by atoms with Gasteiger partial charge in [-0.15, -0.1) is 11.3 Å². The third kappa shape index (κ3) is 5.26. The first kappa shape index (κ1) is 19.3. The topological polar surface area (TPSA) is 68.0 Å². The summed E-state index contributed by atoms with van der Waals surface area (Å²) in [6, 6.07) is 8.31. The summed E-state index contributed by atoms with van der Waals surface area (Å²) in [6.07, 6.45) is 2.63. The number of aryl methyl sites for hydroxylation is 4. The fourth-order valence-electron chi connectivity index (χ4n) is 3.28. The molecule has 0 fully saturated rings. The number of carbonyl (C=O) groups is 1. The molecule has 0 unspecified atom stereocenters. The summed E-state index contributed by atoms with van der Waals surface area (Å²) in [4.78, 5) is 17.4. The molecule has 0 aliphatic rings. The van der Waals surface area contributed by atoms with Gasteiger partial charge in [0.05, 0.1) is 4.88 Å². The number of amides is 1. The number of hydrogen-bond acceptors (Lipinski definition) is 5. The Balaban J connectivity index is 1.39. The van der Waals surface area contributed by atoms with Crippen LogP contribution in [0.4, 0.5) is 0 Å². The van der Waals surface area contributed by atoms with Crippen molar-refractivity contribution >= 4 is 17.2 Å². The van der Waals surface area contributed by atoms with Gasteiger partial charge >= 0.3 is 0 Å². The number of carbonyl (C=O) groups excluding carboxylic acids is 1. The van der Waals surface area contributed by atoms with Crippen LogP contribution in [0.1, 0.15) is 41.0 Å². The van der Waals surface area contributed by atoms with Gasteiger partial charge in [-0.3, -0.25) is 4.79 Å². The summed E-state index contributed by atoms with van der Waals surface area (Å²) in [5, 5.41) is 8.98. The van der Waals surface area contributed by atoms with E-state index in [1.807, 2.05) is 17.5 Å². The number of aromatic nitrogens is 2. The monoisotopic (exact) mass is 383 g/mol. The van der Waals surface area contributed by atoms with Crippen molar-refractivity contribution in [3.05, 3.63) is 57.8 Å². The van der Waals surface area contributed by atoms with E-state index in [1.54, 1.807) is 11.3 Å². The lowest BCUT2D eigenvalue weighted by Crippen LogP contribution is -2.25. The average Bonchev–Trinajstić information content (AvgIpc) is 3.28. The van der Waals surface area contributed by atoms with Gasteiger partial charge in [0, 0.05) is 19.4 Å². The summed E-state index contributed by atoms with van der Waals surface area (Å²) in [5.74, 6) is 1.26. The van der Waals surface area contributed by atoms with E-state index in [0.29, 0.717) is 37.5 Å². The van der Waals surface area contributed by atoms with Crippen LogP contribution in [0.5, 0.6) is 0 Å². The van der Waals surface area contributed by atoms with Crippen molar-refractivity contribution in [2.75, 3.05) is 6.54 Å². The highest BCUT2D eigenvalue weighted by Crippen LogP contribution is 2.21. The molecule has 5 nitrogen and oxygen atoms in total. The molecule has 0 aliphatic heterocycles. The van der Waals surface area contributed by atoms with Gasteiger partial charge in [0.2, 0.25) is 17.6 Å². The van der Waals surface area contributed by atoms with Crippen LogP contribution in [0.3, 0.4) is 0 Å². The van der Waals surface area contributed by atoms with E-state index in [0.717, 1.165) is 11.3 Å². The predicted molar refractivity (Wildman–Crippen MR) is 108 cm³/mol. The standard InChI is InChI=1S/C21H25N3O2S/c1-14-12-15(2)17(16(3)13-14)9-10-22-19(25)7-4-8-20-23-21(24-26-20)18-6-5-11-27-18/h5-6,11-13H,4,7-10H2,1-3H3,(H,22,25). The predicted octanol–water partition coefficient (Wildman–Crippen LogP) is 4.40. The molecule has 0 bridgehead atoms. The van der Waals surface area contributed by atoms with E-state index < -0.39 is 0 Å². The number of thiophene rings is 1. The van der Waals surface area contributed by atoms with Gasteiger partial charge < -0.3 is 9.84 Å². The molecule has 0 atom stereocenters. The molecule has 0 saturated heterocycles. The van der Waals surface area contributed by atoms with E-state index >= 15 is 0 Å². The highest BCUT2D eigenvalue weighted by molar-refractivity contribution is 7.13. The Hall–Kier alpha value is -2.47. The maximum absolute atomic E-state index is 12.1. The Morgan fingerprint density at radius 1 is 1.19 bits per heavy atom. The van der Waals surface area contributed by atoms with Crippen molar-refractivity contribution in [3.63, 3.8) is 0 Å². The smallest absolute Gasteiger partial charge is 0.226 e. The lowest BCUT2D eigenvalue weighted by molar-refractivity contribution is -0.121. The molecular formula is C21H25N3O2S. The molecule has 2 aromatic heterocycles. The van der Waals surface area contributed by atoms with Crippen molar-refractivity contribution < 1.29 is 9.32 Å². The molecule has 0 saturated carbocycles. The normalized spacial score (nSPS) is 10.9. The minimum absolute atomic E-state index is 0.0652. The third-order valence-electron chi connectivity index (χ3n) is 4.54. The van der Waals surface area contributed by atoms with Gasteiger partial charge in [0.1, 0.15) is 0 Å². The molecule has 2 heterocycles. The second-order valence-electron chi connectivity index (χ2n) is 6.82. The van der Waals surface area contributed by atoms with E-state index in [1.165, 1.54) is 22.3 Å². The Morgan fingerprint density at radius 3 is 2.67 bits per heavy atom. The largest absolute Gasteiger partial charge is 0.356 e. The second-order valence-corrected chi connectivity index (χ2v) is 7.77. The fourth-order valence-corrected chi connectivity index (χ4v) is 3.93. The van der Waals surface area contributed by atoms with Gasteiger partial charge in [-0.1, -0.05) is 28.9 Å². The van der Waals surface area contributed by atoms with Gasteiger partial charge in [0.15, 0.2) is 0 Å². The molecule has 0 aliphatic carbocycles. The minimum atomic E-state index is 0.0652. The summed E-state index contributed by atoms with van der Waals surface area (Å²) >= 11 is 1.58. The molecule has 1 N–H and O–H groups in total. The van der Waals surface area contributed by atoms with Crippen LogP contribution >= 0.6 is 11.3 Å². The van der Waals surface area contributed by atoms with Gasteiger partial charge in [0.25, 0.3) is 0 Å². The molecule has 142 valence electrons. The van der Waals surface area contributed by atoms with E-state index in [4.69, 9.17) is 4.52 Å². The van der Waals surface area contributed by atoms with E-state index in [2.05, 4.69) is 48.4 Å². The van der Waals surface area contributed by atoms with Crippen molar-refractivity contribution in [2.45, 2.75) is 46.5 Å². The van der Waals surface area contributed by atoms with Gasteiger partial charge in [-0.2, -0.15) is 4.98 Å². The van der Waals surface area contributed by atoms with Crippen LogP contribution in [-0.2, 0) is 17.6 Å². The van der Waals surface area contributed by atoms with E-state index in [9.17, 15) is 4.79 Å². The second kappa shape index (κ2) is 8.95. The lowest BCUT2D eigenvalue weighted by Gasteiger charge is -2.12. The van der Waals surface area contributed by atoms with Crippen LogP contribution in [0.25, 0.3) is 10.7 Å². The number of nitrogens with one attached hydrogen (secondary N) is 1. The number of hydrogen-bond donors (Lipinski definition) is 1. The summed E-state index contributed by atoms with van der Waals surface area (Å²) in [6.45, 7) is 7.03. The van der Waals surface area contributed by atoms with Gasteiger partial charge in [-0.25, -0.2) is 0 Å². The molecule has 27 heavy (non-hydrogen) atoms. The quantitative estimate of drug-likeness (QED) is 0.626. The Bertz CT molecular complexity index is 877. The molecular weight excluding hydrogens is 358 g/mol. The fraction of sp³-hybridized carbons (Fsp3) is 0.381. The van der Waals surface area contributed by atoms with Crippen molar-refractivity contribution in [2.24, 2.45) is 0 Å². The zero-order valence-corrected chi connectivity index (χ0v) is 16.9. The minimum Gasteiger partial charge on any atom is -0.356 e. The van der Waals surface area contributed by atoms with Crippen LogP contribution < -0.4 is 5.32 Å². The Labute approximate surface area is 163 Å². The van der Waals surface area contributed by atoms with Crippen LogP contribution in [0, 0.1) is 20.8 Å². The Morgan fingerprint density at radius 2 is 1.96 bits per heavy atom. The first-order valence-electron chi connectivity index (χ1n) is 9.23. The van der Waals surface area contributed by atoms with E-state index in [-0.39, 0.29) is 5.91 Å². The molecule has 3 aromatic rings. The molecule has 3 rings (SSSR count). The molecule has 6 heteroatoms. The highest BCUT2D eigenvalue weighted by Gasteiger charge is 2.10. The summed E-state index contributed by atoms with van der Waals surface area (Å²) < 4.78 is 5.26. The first-order valence-corrected chi connectivity index (χ1v) is 10.1. The Kier molecular flexibility index (Phi) is 6.40. The maximum atomic E-state index is 12.1. The summed E-state index contributed by atoms with van der Waals surface area (Å²) in [7, 11) is 0. The molecule has 1 amide bonds. The van der Waals surface area contributed by atoms with Crippen LogP contribution in [-0.4, -0.2) is 22.6 Å². The zero-order chi connectivity index (χ0) is 19.2. The zero-order valence-electron chi connectivity index (χ0n) is 16.0. The third-order valence-corrected chi connectivity index (χ3v) is 5.41. The van der Waals surface area contributed by atoms with Crippen molar-refractivity contribution in [3.8, 4) is 10.7 Å². The summed E-state index contributed by atoms with van der Waals surface area (Å²) in [5.41, 5.74) is 5.19. The van der Waals surface area contributed by atoms with Crippen LogP contribution in [0.2, 0.25) is 0 Å². The highest BCUT2D eigenvalue weighted by atomic mass is 32.1. The van der Waals surface area contributed by atoms with Gasteiger partial charge in [-0.05, 0) is 61.7 Å². The number of benzene rings is 1. The number of rotatable bonds is 8.